The summed E-state index contributed by atoms with van der Waals surface area (Å²) in [6, 6.07) is 5.45. The zero-order valence-corrected chi connectivity index (χ0v) is 8.96. The number of phenols is 1. The average Bonchev–Trinajstić information content (AvgIpc) is 2.02. The topological polar surface area (TPSA) is 46.2 Å². The molecule has 2 heteroatoms. The standard InChI is InChI=1S/C12H17NO/c1-8(13)10-7-9(12(2,3)4)5-6-11(10)14/h5-7,14H,1,13H2,2-4H3. The molecule has 1 aromatic carbocycles. The van der Waals surface area contributed by atoms with Gasteiger partial charge < -0.3 is 10.8 Å². The van der Waals surface area contributed by atoms with Gasteiger partial charge in [-0.25, -0.2) is 0 Å². The van der Waals surface area contributed by atoms with Gasteiger partial charge in [-0.05, 0) is 23.1 Å². The van der Waals surface area contributed by atoms with E-state index in [9.17, 15) is 5.11 Å². The lowest BCUT2D eigenvalue weighted by Crippen LogP contribution is -2.11. The van der Waals surface area contributed by atoms with Crippen LogP contribution in [0.1, 0.15) is 31.9 Å². The molecule has 0 spiro atoms. The Balaban J connectivity index is 3.27. The van der Waals surface area contributed by atoms with Crippen LogP contribution in [0.3, 0.4) is 0 Å². The van der Waals surface area contributed by atoms with E-state index in [-0.39, 0.29) is 11.2 Å². The number of aromatic hydroxyl groups is 1. The Morgan fingerprint density at radius 1 is 1.36 bits per heavy atom. The van der Waals surface area contributed by atoms with Gasteiger partial charge in [0.2, 0.25) is 0 Å². The van der Waals surface area contributed by atoms with Crippen molar-refractivity contribution in [1.29, 1.82) is 0 Å². The lowest BCUT2D eigenvalue weighted by atomic mass is 9.86. The van der Waals surface area contributed by atoms with Crippen LogP contribution in [-0.4, -0.2) is 5.11 Å². The molecule has 0 aliphatic rings. The minimum Gasteiger partial charge on any atom is -0.507 e. The van der Waals surface area contributed by atoms with E-state index < -0.39 is 0 Å². The SMILES string of the molecule is C=C(N)c1cc(C(C)(C)C)ccc1O. The van der Waals surface area contributed by atoms with Gasteiger partial charge in [-0.1, -0.05) is 33.4 Å². The maximum absolute atomic E-state index is 9.53. The Hall–Kier alpha value is -1.44. The molecule has 3 N–H and O–H groups in total. The fraction of sp³-hybridized carbons (Fsp3) is 0.333. The molecular formula is C12H17NO. The number of rotatable bonds is 1. The number of hydrogen-bond acceptors (Lipinski definition) is 2. The first-order chi connectivity index (χ1) is 6.32. The van der Waals surface area contributed by atoms with Crippen LogP contribution in [0, 0.1) is 0 Å². The van der Waals surface area contributed by atoms with Crippen molar-refractivity contribution in [3.05, 3.63) is 35.9 Å². The summed E-state index contributed by atoms with van der Waals surface area (Å²) in [5, 5.41) is 9.53. The summed E-state index contributed by atoms with van der Waals surface area (Å²) in [4.78, 5) is 0. The van der Waals surface area contributed by atoms with Crippen molar-refractivity contribution in [2.24, 2.45) is 5.73 Å². The summed E-state index contributed by atoms with van der Waals surface area (Å²) in [5.41, 5.74) is 7.78. The quantitative estimate of drug-likeness (QED) is 0.716. The fourth-order valence-corrected chi connectivity index (χ4v) is 1.26. The second-order valence-electron chi connectivity index (χ2n) is 4.51. The molecular weight excluding hydrogens is 174 g/mol. The maximum Gasteiger partial charge on any atom is 0.124 e. The highest BCUT2D eigenvalue weighted by Gasteiger charge is 2.15. The minimum absolute atomic E-state index is 0.0535. The van der Waals surface area contributed by atoms with E-state index in [2.05, 4.69) is 27.4 Å². The van der Waals surface area contributed by atoms with Gasteiger partial charge in [-0.15, -0.1) is 0 Å². The van der Waals surface area contributed by atoms with Gasteiger partial charge in [-0.2, -0.15) is 0 Å². The van der Waals surface area contributed by atoms with Gasteiger partial charge >= 0.3 is 0 Å². The highest BCUT2D eigenvalue weighted by molar-refractivity contribution is 5.66. The number of hydrogen-bond donors (Lipinski definition) is 2. The molecule has 14 heavy (non-hydrogen) atoms. The van der Waals surface area contributed by atoms with Crippen molar-refractivity contribution >= 4 is 5.70 Å². The second kappa shape index (κ2) is 3.37. The van der Waals surface area contributed by atoms with E-state index in [0.717, 1.165) is 5.56 Å². The first-order valence-electron chi connectivity index (χ1n) is 4.60. The molecule has 0 unspecified atom stereocenters. The second-order valence-corrected chi connectivity index (χ2v) is 4.51. The molecule has 76 valence electrons. The van der Waals surface area contributed by atoms with Crippen LogP contribution in [0.4, 0.5) is 0 Å². The van der Waals surface area contributed by atoms with Crippen molar-refractivity contribution < 1.29 is 5.11 Å². The van der Waals surface area contributed by atoms with Crippen LogP contribution < -0.4 is 5.73 Å². The predicted octanol–water partition coefficient (Wildman–Crippen LogP) is 2.62. The molecule has 0 aliphatic carbocycles. The Labute approximate surface area is 85.1 Å². The van der Waals surface area contributed by atoms with Gasteiger partial charge in [0.05, 0.1) is 0 Å². The fourth-order valence-electron chi connectivity index (χ4n) is 1.26. The van der Waals surface area contributed by atoms with Gasteiger partial charge in [0.15, 0.2) is 0 Å². The molecule has 0 fully saturated rings. The molecule has 0 bridgehead atoms. The van der Waals surface area contributed by atoms with Crippen LogP contribution in [0.15, 0.2) is 24.8 Å². The summed E-state index contributed by atoms with van der Waals surface area (Å²) in [6.45, 7) is 9.97. The third-order valence-electron chi connectivity index (χ3n) is 2.21. The minimum atomic E-state index is 0.0535. The largest absolute Gasteiger partial charge is 0.507 e. The molecule has 1 aromatic rings. The summed E-state index contributed by atoms with van der Waals surface area (Å²) >= 11 is 0. The van der Waals surface area contributed by atoms with Crippen LogP contribution in [0.25, 0.3) is 5.70 Å². The molecule has 0 heterocycles. The van der Waals surface area contributed by atoms with Crippen LogP contribution in [-0.2, 0) is 5.41 Å². The molecule has 0 radical (unpaired) electrons. The first-order valence-corrected chi connectivity index (χ1v) is 4.60. The zero-order chi connectivity index (χ0) is 10.9. The van der Waals surface area contributed by atoms with E-state index in [0.29, 0.717) is 11.3 Å². The first kappa shape index (κ1) is 10.6. The monoisotopic (exact) mass is 191 g/mol. The number of phenolic OH excluding ortho intramolecular Hbond substituents is 1. The van der Waals surface area contributed by atoms with Crippen LogP contribution >= 0.6 is 0 Å². The summed E-state index contributed by atoms with van der Waals surface area (Å²) in [5.74, 6) is 0.186. The maximum atomic E-state index is 9.53. The third kappa shape index (κ3) is 2.08. The highest BCUT2D eigenvalue weighted by atomic mass is 16.3. The molecule has 0 aliphatic heterocycles. The van der Waals surface area contributed by atoms with Crippen molar-refractivity contribution in [3.8, 4) is 5.75 Å². The Morgan fingerprint density at radius 3 is 2.36 bits per heavy atom. The van der Waals surface area contributed by atoms with E-state index >= 15 is 0 Å². The van der Waals surface area contributed by atoms with Crippen molar-refractivity contribution in [2.45, 2.75) is 26.2 Å². The van der Waals surface area contributed by atoms with Gasteiger partial charge in [0, 0.05) is 11.3 Å². The summed E-state index contributed by atoms with van der Waals surface area (Å²) < 4.78 is 0. The van der Waals surface area contributed by atoms with Gasteiger partial charge in [0.1, 0.15) is 5.75 Å². The predicted molar refractivity (Wildman–Crippen MR) is 60.0 cm³/mol. The summed E-state index contributed by atoms with van der Waals surface area (Å²) in [6.07, 6.45) is 0. The van der Waals surface area contributed by atoms with Crippen LogP contribution in [0.5, 0.6) is 5.75 Å². The molecule has 1 rings (SSSR count). The molecule has 0 saturated carbocycles. The highest BCUT2D eigenvalue weighted by Crippen LogP contribution is 2.29. The average molecular weight is 191 g/mol. The smallest absolute Gasteiger partial charge is 0.124 e. The van der Waals surface area contributed by atoms with E-state index in [1.165, 1.54) is 0 Å². The van der Waals surface area contributed by atoms with Crippen molar-refractivity contribution in [1.82, 2.24) is 0 Å². The Bertz CT molecular complexity index is 361. The third-order valence-corrected chi connectivity index (χ3v) is 2.21. The van der Waals surface area contributed by atoms with Gasteiger partial charge in [0.25, 0.3) is 0 Å². The molecule has 2 nitrogen and oxygen atoms in total. The number of benzene rings is 1. The lowest BCUT2D eigenvalue weighted by Gasteiger charge is -2.20. The Kier molecular flexibility index (Phi) is 2.56. The normalized spacial score (nSPS) is 11.4. The summed E-state index contributed by atoms with van der Waals surface area (Å²) in [7, 11) is 0. The lowest BCUT2D eigenvalue weighted by molar-refractivity contribution is 0.472. The van der Waals surface area contributed by atoms with E-state index in [4.69, 9.17) is 5.73 Å². The van der Waals surface area contributed by atoms with E-state index in [1.807, 2.05) is 12.1 Å². The van der Waals surface area contributed by atoms with Gasteiger partial charge in [-0.3, -0.25) is 0 Å². The van der Waals surface area contributed by atoms with Crippen molar-refractivity contribution in [2.75, 3.05) is 0 Å². The van der Waals surface area contributed by atoms with E-state index in [1.54, 1.807) is 6.07 Å². The molecule has 0 atom stereocenters. The Morgan fingerprint density at radius 2 is 1.93 bits per heavy atom. The molecule has 0 saturated heterocycles. The molecule has 0 amide bonds. The molecule has 0 aromatic heterocycles. The zero-order valence-electron chi connectivity index (χ0n) is 8.96. The number of nitrogens with two attached hydrogens (primary N) is 1. The van der Waals surface area contributed by atoms with Crippen molar-refractivity contribution in [3.63, 3.8) is 0 Å². The van der Waals surface area contributed by atoms with Crippen LogP contribution in [0.2, 0.25) is 0 Å².